The van der Waals surface area contributed by atoms with Gasteiger partial charge in [-0.3, -0.25) is 4.79 Å². The normalized spacial score (nSPS) is 9.93. The van der Waals surface area contributed by atoms with E-state index in [-0.39, 0.29) is 0 Å². The quantitative estimate of drug-likeness (QED) is 0.470. The van der Waals surface area contributed by atoms with E-state index in [0.29, 0.717) is 12.1 Å². The summed E-state index contributed by atoms with van der Waals surface area (Å²) in [4.78, 5) is 21.1. The molecule has 14 heavy (non-hydrogen) atoms. The van der Waals surface area contributed by atoms with Crippen LogP contribution in [0.5, 0.6) is 0 Å². The van der Waals surface area contributed by atoms with Gasteiger partial charge in [-0.2, -0.15) is 0 Å². The van der Waals surface area contributed by atoms with Crippen LogP contribution >= 0.6 is 11.6 Å². The SMILES string of the molecule is O=C(O)C(=O)c1cc(F)c(F)cc1Cl. The van der Waals surface area contributed by atoms with Crippen LogP contribution in [-0.4, -0.2) is 16.9 Å². The van der Waals surface area contributed by atoms with E-state index in [1.807, 2.05) is 0 Å². The monoisotopic (exact) mass is 220 g/mol. The smallest absolute Gasteiger partial charge is 0.377 e. The van der Waals surface area contributed by atoms with Gasteiger partial charge in [-0.1, -0.05) is 11.6 Å². The van der Waals surface area contributed by atoms with E-state index in [9.17, 15) is 18.4 Å². The fourth-order valence-corrected chi connectivity index (χ4v) is 1.05. The van der Waals surface area contributed by atoms with Crippen molar-refractivity contribution in [1.29, 1.82) is 0 Å². The molecule has 0 fully saturated rings. The van der Waals surface area contributed by atoms with Gasteiger partial charge in [0.1, 0.15) is 0 Å². The molecular weight excluding hydrogens is 218 g/mol. The molecule has 0 heterocycles. The van der Waals surface area contributed by atoms with E-state index in [4.69, 9.17) is 16.7 Å². The van der Waals surface area contributed by atoms with Crippen molar-refractivity contribution in [3.05, 3.63) is 34.4 Å². The summed E-state index contributed by atoms with van der Waals surface area (Å²) in [5, 5.41) is 7.86. The molecule has 1 aromatic rings. The first-order chi connectivity index (χ1) is 6.43. The molecule has 0 spiro atoms. The number of benzene rings is 1. The lowest BCUT2D eigenvalue weighted by atomic mass is 10.1. The van der Waals surface area contributed by atoms with Gasteiger partial charge < -0.3 is 5.11 Å². The summed E-state index contributed by atoms with van der Waals surface area (Å²) in [6.45, 7) is 0. The summed E-state index contributed by atoms with van der Waals surface area (Å²) in [7, 11) is 0. The van der Waals surface area contributed by atoms with Crippen LogP contribution in [0.15, 0.2) is 12.1 Å². The van der Waals surface area contributed by atoms with Crippen LogP contribution in [0.2, 0.25) is 5.02 Å². The van der Waals surface area contributed by atoms with Crippen molar-refractivity contribution in [3.63, 3.8) is 0 Å². The highest BCUT2D eigenvalue weighted by Gasteiger charge is 2.20. The molecule has 3 nitrogen and oxygen atoms in total. The number of aliphatic carboxylic acids is 1. The van der Waals surface area contributed by atoms with Crippen molar-refractivity contribution in [3.8, 4) is 0 Å². The summed E-state index contributed by atoms with van der Waals surface area (Å²) >= 11 is 5.35. The van der Waals surface area contributed by atoms with E-state index < -0.39 is 34.0 Å². The van der Waals surface area contributed by atoms with Gasteiger partial charge in [-0.05, 0) is 12.1 Å². The summed E-state index contributed by atoms with van der Waals surface area (Å²) < 4.78 is 25.1. The number of hydrogen-bond acceptors (Lipinski definition) is 2. The maximum absolute atomic E-state index is 12.6. The Kier molecular flexibility index (Phi) is 2.81. The third-order valence-corrected chi connectivity index (χ3v) is 1.76. The molecule has 0 amide bonds. The molecular formula is C8H3ClF2O3. The first kappa shape index (κ1) is 10.6. The molecule has 0 aromatic heterocycles. The molecule has 0 unspecified atom stereocenters. The van der Waals surface area contributed by atoms with Gasteiger partial charge >= 0.3 is 5.97 Å². The standard InChI is InChI=1S/C8H3ClF2O3/c9-4-2-6(11)5(10)1-3(4)7(12)8(13)14/h1-2H,(H,13,14). The number of hydrogen-bond donors (Lipinski definition) is 1. The second kappa shape index (κ2) is 3.71. The van der Waals surface area contributed by atoms with Crippen LogP contribution in [0, 0.1) is 11.6 Å². The lowest BCUT2D eigenvalue weighted by Gasteiger charge is -2.00. The van der Waals surface area contributed by atoms with Crippen molar-refractivity contribution < 1.29 is 23.5 Å². The summed E-state index contributed by atoms with van der Waals surface area (Å²) in [5.74, 6) is -5.72. The predicted molar refractivity (Wildman–Crippen MR) is 43.3 cm³/mol. The molecule has 1 rings (SSSR count). The van der Waals surface area contributed by atoms with Gasteiger partial charge in [0.25, 0.3) is 5.78 Å². The molecule has 1 aromatic carbocycles. The maximum atomic E-state index is 12.6. The van der Waals surface area contributed by atoms with Crippen LogP contribution in [0.25, 0.3) is 0 Å². The van der Waals surface area contributed by atoms with Crippen molar-refractivity contribution in [2.75, 3.05) is 0 Å². The fourth-order valence-electron chi connectivity index (χ4n) is 0.812. The molecule has 0 bridgehead atoms. The van der Waals surface area contributed by atoms with Crippen LogP contribution in [-0.2, 0) is 4.79 Å². The first-order valence-electron chi connectivity index (χ1n) is 3.35. The third kappa shape index (κ3) is 1.88. The minimum atomic E-state index is -1.78. The number of carboxylic acids is 1. The van der Waals surface area contributed by atoms with Crippen molar-refractivity contribution >= 4 is 23.4 Å². The Labute approximate surface area is 81.9 Å². The third-order valence-electron chi connectivity index (χ3n) is 1.45. The lowest BCUT2D eigenvalue weighted by Crippen LogP contribution is -2.13. The summed E-state index contributed by atoms with van der Waals surface area (Å²) in [6, 6.07) is 1.00. The van der Waals surface area contributed by atoms with Gasteiger partial charge in [0.2, 0.25) is 0 Å². The Morgan fingerprint density at radius 3 is 2.21 bits per heavy atom. The number of ketones is 1. The van der Waals surface area contributed by atoms with Crippen LogP contribution in [0.1, 0.15) is 10.4 Å². The molecule has 0 atom stereocenters. The van der Waals surface area contributed by atoms with Gasteiger partial charge in [0, 0.05) is 0 Å². The molecule has 6 heteroatoms. The maximum Gasteiger partial charge on any atom is 0.377 e. The van der Waals surface area contributed by atoms with Crippen molar-refractivity contribution in [1.82, 2.24) is 0 Å². The molecule has 0 aliphatic heterocycles. The fraction of sp³-hybridized carbons (Fsp3) is 0. The molecule has 1 N–H and O–H groups in total. The lowest BCUT2D eigenvalue weighted by molar-refractivity contribution is -0.131. The first-order valence-corrected chi connectivity index (χ1v) is 3.73. The average Bonchev–Trinajstić information content (AvgIpc) is 2.10. The van der Waals surface area contributed by atoms with Crippen LogP contribution in [0.4, 0.5) is 8.78 Å². The summed E-state index contributed by atoms with van der Waals surface area (Å²) in [5.41, 5.74) is -0.571. The Balaban J connectivity index is 3.29. The average molecular weight is 221 g/mol. The Morgan fingerprint density at radius 2 is 1.71 bits per heavy atom. The van der Waals surface area contributed by atoms with E-state index in [1.165, 1.54) is 0 Å². The Bertz CT molecular complexity index is 417. The largest absolute Gasteiger partial charge is 0.475 e. The highest BCUT2D eigenvalue weighted by Crippen LogP contribution is 2.20. The Morgan fingerprint density at radius 1 is 1.21 bits per heavy atom. The van der Waals surface area contributed by atoms with Gasteiger partial charge in [0.15, 0.2) is 11.6 Å². The molecule has 0 radical (unpaired) electrons. The zero-order valence-electron chi connectivity index (χ0n) is 6.55. The number of carboxylic acid groups (broad SMARTS) is 1. The number of halogens is 3. The zero-order valence-corrected chi connectivity index (χ0v) is 7.31. The van der Waals surface area contributed by atoms with Crippen molar-refractivity contribution in [2.45, 2.75) is 0 Å². The molecule has 0 aliphatic rings. The topological polar surface area (TPSA) is 54.4 Å². The number of carbonyl (C=O) groups is 2. The Hall–Kier alpha value is -1.49. The zero-order chi connectivity index (χ0) is 10.9. The second-order valence-electron chi connectivity index (χ2n) is 2.38. The van der Waals surface area contributed by atoms with Gasteiger partial charge in [0.05, 0.1) is 10.6 Å². The van der Waals surface area contributed by atoms with E-state index >= 15 is 0 Å². The van der Waals surface area contributed by atoms with Gasteiger partial charge in [-0.25, -0.2) is 13.6 Å². The second-order valence-corrected chi connectivity index (χ2v) is 2.79. The van der Waals surface area contributed by atoms with E-state index in [1.54, 1.807) is 0 Å². The minimum absolute atomic E-state index is 0.434. The molecule has 0 aliphatic carbocycles. The number of carbonyl (C=O) groups excluding carboxylic acids is 1. The number of rotatable bonds is 2. The molecule has 0 saturated heterocycles. The van der Waals surface area contributed by atoms with E-state index in [0.717, 1.165) is 0 Å². The number of Topliss-reactive ketones (excluding diaryl/α,β-unsaturated/α-hetero) is 1. The minimum Gasteiger partial charge on any atom is -0.475 e. The predicted octanol–water partition coefficient (Wildman–Crippen LogP) is 1.89. The highest BCUT2D eigenvalue weighted by molar-refractivity contribution is 6.44. The van der Waals surface area contributed by atoms with Crippen LogP contribution < -0.4 is 0 Å². The highest BCUT2D eigenvalue weighted by atomic mass is 35.5. The molecule has 0 saturated carbocycles. The summed E-state index contributed by atoms with van der Waals surface area (Å²) in [6.07, 6.45) is 0. The molecule has 74 valence electrons. The van der Waals surface area contributed by atoms with Gasteiger partial charge in [-0.15, -0.1) is 0 Å². The van der Waals surface area contributed by atoms with Crippen molar-refractivity contribution in [2.24, 2.45) is 0 Å². The van der Waals surface area contributed by atoms with Crippen LogP contribution in [0.3, 0.4) is 0 Å². The van der Waals surface area contributed by atoms with E-state index in [2.05, 4.69) is 0 Å².